The van der Waals surface area contributed by atoms with Crippen LogP contribution in [0.3, 0.4) is 0 Å². The van der Waals surface area contributed by atoms with Gasteiger partial charge in [-0.15, -0.1) is 0 Å². The van der Waals surface area contributed by atoms with Crippen LogP contribution in [0.15, 0.2) is 54.7 Å². The molecular weight excluding hydrogens is 358 g/mol. The first-order valence-electron chi connectivity index (χ1n) is 10.4. The molecule has 0 amide bonds. The molecule has 5 heteroatoms. The summed E-state index contributed by atoms with van der Waals surface area (Å²) in [5.41, 5.74) is 5.80. The molecule has 0 unspecified atom stereocenters. The first-order chi connectivity index (χ1) is 14.4. The van der Waals surface area contributed by atoms with Gasteiger partial charge in [-0.05, 0) is 31.6 Å². The van der Waals surface area contributed by atoms with E-state index < -0.39 is 0 Å². The predicted molar refractivity (Wildman–Crippen MR) is 122 cm³/mol. The minimum absolute atomic E-state index is 0.967. The Kier molecular flexibility index (Phi) is 3.64. The Morgan fingerprint density at radius 2 is 1.79 bits per heavy atom. The van der Waals surface area contributed by atoms with Crippen molar-refractivity contribution in [1.82, 2.24) is 25.1 Å². The fraction of sp³-hybridized carbons (Fsp3) is 0.208. The third-order valence-electron chi connectivity index (χ3n) is 6.03. The quantitative estimate of drug-likeness (QED) is 0.355. The Morgan fingerprint density at radius 3 is 2.69 bits per heavy atom. The number of aryl methyl sites for hydroxylation is 1. The van der Waals surface area contributed by atoms with E-state index in [1.54, 1.807) is 0 Å². The second-order valence-corrected chi connectivity index (χ2v) is 7.65. The van der Waals surface area contributed by atoms with Crippen molar-refractivity contribution in [2.24, 2.45) is 0 Å². The highest BCUT2D eigenvalue weighted by Crippen LogP contribution is 2.42. The summed E-state index contributed by atoms with van der Waals surface area (Å²) in [5.74, 6) is 0. The van der Waals surface area contributed by atoms with Gasteiger partial charge < -0.3 is 20.1 Å². The number of hydrogen-bond donors (Lipinski definition) is 3. The lowest BCUT2D eigenvalue weighted by Gasteiger charge is -2.09. The van der Waals surface area contributed by atoms with Crippen molar-refractivity contribution in [3.8, 4) is 0 Å². The average molecular weight is 381 g/mol. The van der Waals surface area contributed by atoms with Gasteiger partial charge in [-0.2, -0.15) is 0 Å². The maximum Gasteiger partial charge on any atom is 0.0981 e. The Bertz CT molecular complexity index is 1500. The summed E-state index contributed by atoms with van der Waals surface area (Å²) in [6, 6.07) is 17.2. The molecule has 3 heterocycles. The first kappa shape index (κ1) is 16.6. The zero-order valence-electron chi connectivity index (χ0n) is 16.4. The molecule has 29 heavy (non-hydrogen) atoms. The van der Waals surface area contributed by atoms with Gasteiger partial charge in [0.1, 0.15) is 0 Å². The van der Waals surface area contributed by atoms with E-state index in [4.69, 9.17) is 4.98 Å². The Morgan fingerprint density at radius 1 is 0.966 bits per heavy atom. The molecule has 0 spiro atoms. The van der Waals surface area contributed by atoms with Gasteiger partial charge in [-0.1, -0.05) is 43.3 Å². The van der Waals surface area contributed by atoms with Crippen molar-refractivity contribution in [2.75, 3.05) is 13.1 Å². The minimum Gasteiger partial charge on any atom is -0.339 e. The van der Waals surface area contributed by atoms with Crippen molar-refractivity contribution in [2.45, 2.75) is 19.9 Å². The van der Waals surface area contributed by atoms with Crippen LogP contribution in [0.25, 0.3) is 54.5 Å². The van der Waals surface area contributed by atoms with E-state index in [0.717, 1.165) is 42.6 Å². The van der Waals surface area contributed by atoms with Crippen LogP contribution in [-0.4, -0.2) is 32.8 Å². The molecule has 3 aromatic heterocycles. The summed E-state index contributed by atoms with van der Waals surface area (Å²) >= 11 is 0. The standard InChI is InChI=1S/C24H23N5/c1-2-25-12-7-13-29-19-11-6-4-9-16(19)20-17-14-26-28-22(17)21-15-8-3-5-10-18(15)27-23(21)24(20)29/h3-6,8-11,14,25-26,28H,2,7,12-13H2,1H3. The van der Waals surface area contributed by atoms with Crippen molar-refractivity contribution in [3.63, 3.8) is 0 Å². The number of benzene rings is 3. The van der Waals surface area contributed by atoms with Gasteiger partial charge >= 0.3 is 0 Å². The molecule has 0 saturated carbocycles. The normalized spacial score (nSPS) is 12.3. The molecule has 0 aliphatic rings. The van der Waals surface area contributed by atoms with Crippen LogP contribution >= 0.6 is 0 Å². The summed E-state index contributed by atoms with van der Waals surface area (Å²) in [7, 11) is 0. The third kappa shape index (κ3) is 2.28. The molecule has 6 aromatic rings. The van der Waals surface area contributed by atoms with Gasteiger partial charge in [0.2, 0.25) is 0 Å². The lowest BCUT2D eigenvalue weighted by molar-refractivity contribution is 0.612. The Hall–Kier alpha value is -3.31. The summed E-state index contributed by atoms with van der Waals surface area (Å²) in [5, 5.41) is 16.3. The molecule has 0 saturated heterocycles. The van der Waals surface area contributed by atoms with E-state index in [1.165, 1.54) is 38.0 Å². The van der Waals surface area contributed by atoms with E-state index in [1.807, 2.05) is 0 Å². The summed E-state index contributed by atoms with van der Waals surface area (Å²) < 4.78 is 2.47. The molecule has 6 rings (SSSR count). The summed E-state index contributed by atoms with van der Waals surface area (Å²) in [6.07, 6.45) is 3.18. The number of rotatable bonds is 5. The molecular formula is C24H23N5. The number of fused-ring (bicyclic) bond motifs is 10. The molecule has 0 radical (unpaired) electrons. The zero-order valence-corrected chi connectivity index (χ0v) is 16.4. The SMILES string of the molecule is CCNCCCn1c2ccccc2c2c3c[nH][nH]c3c3c4ccccc4nc3c21. The molecule has 144 valence electrons. The second kappa shape index (κ2) is 6.36. The van der Waals surface area contributed by atoms with Gasteiger partial charge in [0.05, 0.1) is 22.1 Å². The van der Waals surface area contributed by atoms with Gasteiger partial charge in [-0.25, -0.2) is 4.98 Å². The monoisotopic (exact) mass is 381 g/mol. The fourth-order valence-corrected chi connectivity index (χ4v) is 4.82. The highest BCUT2D eigenvalue weighted by molar-refractivity contribution is 6.34. The average Bonchev–Trinajstić information content (AvgIpc) is 3.44. The number of hydrogen-bond acceptors (Lipinski definition) is 2. The van der Waals surface area contributed by atoms with Crippen LogP contribution in [0.1, 0.15) is 13.3 Å². The van der Waals surface area contributed by atoms with E-state index in [-0.39, 0.29) is 0 Å². The van der Waals surface area contributed by atoms with Gasteiger partial charge in [-0.3, -0.25) is 0 Å². The van der Waals surface area contributed by atoms with E-state index >= 15 is 0 Å². The first-order valence-corrected chi connectivity index (χ1v) is 10.4. The molecule has 3 aromatic carbocycles. The number of aromatic nitrogens is 4. The highest BCUT2D eigenvalue weighted by atomic mass is 15.1. The molecule has 0 atom stereocenters. The number of aromatic amines is 2. The zero-order chi connectivity index (χ0) is 19.4. The Balaban J connectivity index is 1.80. The Labute approximate surface area is 167 Å². The minimum atomic E-state index is 0.967. The van der Waals surface area contributed by atoms with Crippen LogP contribution < -0.4 is 5.32 Å². The van der Waals surface area contributed by atoms with Gasteiger partial charge in [0.25, 0.3) is 0 Å². The topological polar surface area (TPSA) is 61.4 Å². The molecule has 3 N–H and O–H groups in total. The van der Waals surface area contributed by atoms with E-state index in [2.05, 4.69) is 81.7 Å². The summed E-state index contributed by atoms with van der Waals surface area (Å²) in [4.78, 5) is 5.10. The van der Waals surface area contributed by atoms with E-state index in [0.29, 0.717) is 0 Å². The van der Waals surface area contributed by atoms with Crippen LogP contribution in [0.5, 0.6) is 0 Å². The number of H-pyrrole nitrogens is 2. The van der Waals surface area contributed by atoms with Crippen LogP contribution in [0.2, 0.25) is 0 Å². The van der Waals surface area contributed by atoms with Gasteiger partial charge in [0.15, 0.2) is 0 Å². The highest BCUT2D eigenvalue weighted by Gasteiger charge is 2.21. The van der Waals surface area contributed by atoms with E-state index in [9.17, 15) is 0 Å². The number of nitrogens with one attached hydrogen (secondary N) is 3. The lowest BCUT2D eigenvalue weighted by Crippen LogP contribution is -2.15. The van der Waals surface area contributed by atoms with Crippen molar-refractivity contribution >= 4 is 54.5 Å². The third-order valence-corrected chi connectivity index (χ3v) is 6.03. The molecule has 0 aliphatic carbocycles. The van der Waals surface area contributed by atoms with Gasteiger partial charge in [0, 0.05) is 45.2 Å². The van der Waals surface area contributed by atoms with Crippen molar-refractivity contribution in [3.05, 3.63) is 54.7 Å². The molecule has 0 aliphatic heterocycles. The maximum atomic E-state index is 5.10. The second-order valence-electron chi connectivity index (χ2n) is 7.65. The lowest BCUT2D eigenvalue weighted by atomic mass is 10.0. The van der Waals surface area contributed by atoms with Crippen LogP contribution in [0.4, 0.5) is 0 Å². The number of para-hydroxylation sites is 2. The van der Waals surface area contributed by atoms with Crippen LogP contribution in [0, 0.1) is 0 Å². The largest absolute Gasteiger partial charge is 0.339 e. The smallest absolute Gasteiger partial charge is 0.0981 e. The molecule has 0 bridgehead atoms. The number of nitrogens with zero attached hydrogens (tertiary/aromatic N) is 2. The maximum absolute atomic E-state index is 5.10. The molecule has 5 nitrogen and oxygen atoms in total. The predicted octanol–water partition coefficient (Wildman–Crippen LogP) is 5.30. The fourth-order valence-electron chi connectivity index (χ4n) is 4.82. The van der Waals surface area contributed by atoms with Crippen molar-refractivity contribution < 1.29 is 0 Å². The molecule has 0 fully saturated rings. The van der Waals surface area contributed by atoms with Crippen LogP contribution in [-0.2, 0) is 6.54 Å². The summed E-state index contributed by atoms with van der Waals surface area (Å²) in [6.45, 7) is 5.15. The van der Waals surface area contributed by atoms with Crippen molar-refractivity contribution in [1.29, 1.82) is 0 Å².